The lowest BCUT2D eigenvalue weighted by molar-refractivity contribution is 1.23. The van der Waals surface area contributed by atoms with Crippen LogP contribution in [0.3, 0.4) is 0 Å². The zero-order valence-electron chi connectivity index (χ0n) is 8.47. The van der Waals surface area contributed by atoms with E-state index < -0.39 is 0 Å². The molecular formula is C12H10ClN3. The molecule has 0 amide bonds. The highest BCUT2D eigenvalue weighted by Crippen LogP contribution is 2.27. The van der Waals surface area contributed by atoms with Crippen LogP contribution < -0.4 is 5.73 Å². The summed E-state index contributed by atoms with van der Waals surface area (Å²) in [6.45, 7) is 0. The van der Waals surface area contributed by atoms with Gasteiger partial charge in [0.15, 0.2) is 0 Å². The summed E-state index contributed by atoms with van der Waals surface area (Å²) >= 11 is 5.84. The maximum absolute atomic E-state index is 5.84. The summed E-state index contributed by atoms with van der Waals surface area (Å²) in [6, 6.07) is 14.6. The standard InChI is InChI=1S/C12H10ClN3/c13-9-6-7-11(14)12(8-9)16-15-10-4-2-1-3-5-10/h1-8H,14H2. The number of benzene rings is 2. The van der Waals surface area contributed by atoms with Crippen molar-refractivity contribution in [3.05, 3.63) is 53.6 Å². The van der Waals surface area contributed by atoms with Gasteiger partial charge in [-0.15, -0.1) is 5.11 Å². The van der Waals surface area contributed by atoms with Crippen LogP contribution in [0.15, 0.2) is 58.8 Å². The lowest BCUT2D eigenvalue weighted by Crippen LogP contribution is -1.83. The summed E-state index contributed by atoms with van der Waals surface area (Å²) in [7, 11) is 0. The number of hydrogen-bond donors (Lipinski definition) is 1. The van der Waals surface area contributed by atoms with E-state index in [2.05, 4.69) is 10.2 Å². The van der Waals surface area contributed by atoms with Crippen LogP contribution in [-0.4, -0.2) is 0 Å². The smallest absolute Gasteiger partial charge is 0.110 e. The van der Waals surface area contributed by atoms with Crippen molar-refractivity contribution >= 4 is 28.7 Å². The molecular weight excluding hydrogens is 222 g/mol. The molecule has 2 aromatic rings. The van der Waals surface area contributed by atoms with Gasteiger partial charge in [-0.3, -0.25) is 0 Å². The number of nitrogen functional groups attached to an aromatic ring is 1. The first-order valence-corrected chi connectivity index (χ1v) is 5.15. The minimum Gasteiger partial charge on any atom is -0.397 e. The molecule has 2 N–H and O–H groups in total. The van der Waals surface area contributed by atoms with Crippen LogP contribution in [0.2, 0.25) is 5.02 Å². The molecule has 3 nitrogen and oxygen atoms in total. The maximum Gasteiger partial charge on any atom is 0.110 e. The number of anilines is 1. The molecule has 0 aliphatic rings. The fourth-order valence-electron chi connectivity index (χ4n) is 1.21. The first-order chi connectivity index (χ1) is 7.75. The van der Waals surface area contributed by atoms with Gasteiger partial charge in [-0.1, -0.05) is 29.8 Å². The molecule has 0 aliphatic carbocycles. The van der Waals surface area contributed by atoms with E-state index in [-0.39, 0.29) is 0 Å². The fourth-order valence-corrected chi connectivity index (χ4v) is 1.38. The van der Waals surface area contributed by atoms with E-state index in [1.807, 2.05) is 30.3 Å². The maximum atomic E-state index is 5.84. The van der Waals surface area contributed by atoms with E-state index in [0.29, 0.717) is 16.4 Å². The molecule has 0 aromatic heterocycles. The van der Waals surface area contributed by atoms with Crippen molar-refractivity contribution in [3.8, 4) is 0 Å². The number of rotatable bonds is 2. The van der Waals surface area contributed by atoms with Crippen molar-refractivity contribution in [2.75, 3.05) is 5.73 Å². The van der Waals surface area contributed by atoms with Crippen LogP contribution in [-0.2, 0) is 0 Å². The second-order valence-electron chi connectivity index (χ2n) is 3.24. The average molecular weight is 232 g/mol. The van der Waals surface area contributed by atoms with Crippen LogP contribution >= 0.6 is 11.6 Å². The van der Waals surface area contributed by atoms with Crippen LogP contribution in [0, 0.1) is 0 Å². The fraction of sp³-hybridized carbons (Fsp3) is 0. The highest BCUT2D eigenvalue weighted by molar-refractivity contribution is 6.31. The summed E-state index contributed by atoms with van der Waals surface area (Å²) in [6.07, 6.45) is 0. The Labute approximate surface area is 98.6 Å². The molecule has 80 valence electrons. The van der Waals surface area contributed by atoms with E-state index in [0.717, 1.165) is 5.69 Å². The Morgan fingerprint density at radius 3 is 2.44 bits per heavy atom. The van der Waals surface area contributed by atoms with E-state index >= 15 is 0 Å². The number of azo groups is 1. The quantitative estimate of drug-likeness (QED) is 0.607. The lowest BCUT2D eigenvalue weighted by Gasteiger charge is -1.98. The van der Waals surface area contributed by atoms with Gasteiger partial charge in [-0.25, -0.2) is 0 Å². The summed E-state index contributed by atoms with van der Waals surface area (Å²) in [4.78, 5) is 0. The van der Waals surface area contributed by atoms with Gasteiger partial charge in [0, 0.05) is 5.02 Å². The summed E-state index contributed by atoms with van der Waals surface area (Å²) in [5, 5.41) is 8.71. The molecule has 0 heterocycles. The van der Waals surface area contributed by atoms with Crippen LogP contribution in [0.5, 0.6) is 0 Å². The van der Waals surface area contributed by atoms with Crippen LogP contribution in [0.1, 0.15) is 0 Å². The molecule has 0 radical (unpaired) electrons. The Hall–Kier alpha value is -1.87. The molecule has 0 aliphatic heterocycles. The van der Waals surface area contributed by atoms with Crippen LogP contribution in [0.25, 0.3) is 0 Å². The topological polar surface area (TPSA) is 50.7 Å². The van der Waals surface area contributed by atoms with Gasteiger partial charge in [0.25, 0.3) is 0 Å². The van der Waals surface area contributed by atoms with Gasteiger partial charge in [0.2, 0.25) is 0 Å². The van der Waals surface area contributed by atoms with Crippen molar-refractivity contribution in [2.24, 2.45) is 10.2 Å². The molecule has 2 rings (SSSR count). The second-order valence-corrected chi connectivity index (χ2v) is 3.68. The minimum atomic E-state index is 0.559. The van der Waals surface area contributed by atoms with Crippen molar-refractivity contribution in [1.82, 2.24) is 0 Å². The predicted octanol–water partition coefficient (Wildman–Crippen LogP) is 4.34. The average Bonchev–Trinajstić information content (AvgIpc) is 2.32. The molecule has 0 spiro atoms. The Morgan fingerprint density at radius 2 is 1.69 bits per heavy atom. The monoisotopic (exact) mass is 231 g/mol. The number of nitrogens with two attached hydrogens (primary N) is 1. The summed E-state index contributed by atoms with van der Waals surface area (Å²) in [5.41, 5.74) is 7.66. The Bertz CT molecular complexity index is 509. The van der Waals surface area contributed by atoms with Gasteiger partial charge >= 0.3 is 0 Å². The lowest BCUT2D eigenvalue weighted by atomic mass is 10.3. The number of nitrogens with zero attached hydrogens (tertiary/aromatic N) is 2. The molecule has 0 atom stereocenters. The number of hydrogen-bond acceptors (Lipinski definition) is 3. The van der Waals surface area contributed by atoms with Crippen LogP contribution in [0.4, 0.5) is 17.1 Å². The number of halogens is 1. The first-order valence-electron chi connectivity index (χ1n) is 4.77. The normalized spacial score (nSPS) is 10.8. The molecule has 0 saturated heterocycles. The Kier molecular flexibility index (Phi) is 3.17. The molecule has 0 bridgehead atoms. The zero-order valence-corrected chi connectivity index (χ0v) is 9.22. The highest BCUT2D eigenvalue weighted by Gasteiger charge is 1.98. The van der Waals surface area contributed by atoms with Gasteiger partial charge in [-0.05, 0) is 30.3 Å². The summed E-state index contributed by atoms with van der Waals surface area (Å²) < 4.78 is 0. The van der Waals surface area contributed by atoms with Crippen molar-refractivity contribution in [2.45, 2.75) is 0 Å². The Morgan fingerprint density at radius 1 is 0.938 bits per heavy atom. The van der Waals surface area contributed by atoms with E-state index in [1.54, 1.807) is 18.2 Å². The molecule has 16 heavy (non-hydrogen) atoms. The Balaban J connectivity index is 2.27. The summed E-state index contributed by atoms with van der Waals surface area (Å²) in [5.74, 6) is 0. The third-order valence-electron chi connectivity index (χ3n) is 2.02. The van der Waals surface area contributed by atoms with Crippen molar-refractivity contribution < 1.29 is 0 Å². The third-order valence-corrected chi connectivity index (χ3v) is 2.26. The van der Waals surface area contributed by atoms with Gasteiger partial charge in [0.05, 0.1) is 11.4 Å². The SMILES string of the molecule is Nc1ccc(Cl)cc1N=Nc1ccccc1. The molecule has 0 unspecified atom stereocenters. The molecule has 2 aromatic carbocycles. The van der Waals surface area contributed by atoms with E-state index in [9.17, 15) is 0 Å². The predicted molar refractivity (Wildman–Crippen MR) is 66.5 cm³/mol. The molecule has 4 heteroatoms. The second kappa shape index (κ2) is 4.77. The van der Waals surface area contributed by atoms with Gasteiger partial charge in [-0.2, -0.15) is 5.11 Å². The van der Waals surface area contributed by atoms with E-state index in [4.69, 9.17) is 17.3 Å². The van der Waals surface area contributed by atoms with Crippen molar-refractivity contribution in [1.29, 1.82) is 0 Å². The largest absolute Gasteiger partial charge is 0.397 e. The zero-order chi connectivity index (χ0) is 11.4. The van der Waals surface area contributed by atoms with Crippen molar-refractivity contribution in [3.63, 3.8) is 0 Å². The van der Waals surface area contributed by atoms with Gasteiger partial charge in [0.1, 0.15) is 5.69 Å². The van der Waals surface area contributed by atoms with Gasteiger partial charge < -0.3 is 5.73 Å². The van der Waals surface area contributed by atoms with E-state index in [1.165, 1.54) is 0 Å². The highest BCUT2D eigenvalue weighted by atomic mass is 35.5. The molecule has 0 saturated carbocycles. The third kappa shape index (κ3) is 2.58. The minimum absolute atomic E-state index is 0.559. The first kappa shape index (κ1) is 10.6. The molecule has 0 fully saturated rings.